The van der Waals surface area contributed by atoms with Crippen molar-refractivity contribution in [3.05, 3.63) is 74.7 Å². The van der Waals surface area contributed by atoms with Crippen LogP contribution in [0, 0.1) is 12.0 Å². The van der Waals surface area contributed by atoms with Crippen molar-refractivity contribution in [3.8, 4) is 0 Å². The van der Waals surface area contributed by atoms with Crippen LogP contribution in [0.2, 0.25) is 10.0 Å². The first kappa shape index (κ1) is 18.9. The fourth-order valence-corrected chi connectivity index (χ4v) is 4.49. The second-order valence-electron chi connectivity index (χ2n) is 8.04. The zero-order chi connectivity index (χ0) is 20.1. The van der Waals surface area contributed by atoms with E-state index in [0.29, 0.717) is 27.7 Å². The van der Waals surface area contributed by atoms with Crippen LogP contribution in [-0.4, -0.2) is 5.78 Å². The summed E-state index contributed by atoms with van der Waals surface area (Å²) in [7, 11) is 0. The summed E-state index contributed by atoms with van der Waals surface area (Å²) in [6.45, 7) is 11.5. The van der Waals surface area contributed by atoms with Gasteiger partial charge in [0, 0.05) is 27.7 Å². The topological polar surface area (TPSA) is 45.5 Å². The number of Topliss-reactive ketones (excluding diaryl/α,β-unsaturated/α-hetero) is 1. The molecule has 1 aliphatic carbocycles. The molecule has 1 unspecified atom stereocenters. The van der Waals surface area contributed by atoms with Gasteiger partial charge in [0.1, 0.15) is 0 Å². The Labute approximate surface area is 174 Å². The van der Waals surface area contributed by atoms with E-state index in [1.165, 1.54) is 0 Å². The molecule has 0 radical (unpaired) electrons. The minimum absolute atomic E-state index is 0.0977. The smallest absolute Gasteiger partial charge is 0.189 e. The average molecular weight is 412 g/mol. The van der Waals surface area contributed by atoms with Crippen LogP contribution in [0.1, 0.15) is 38.3 Å². The Balaban J connectivity index is 1.92. The van der Waals surface area contributed by atoms with E-state index in [1.807, 2.05) is 12.1 Å². The first-order valence-corrected chi connectivity index (χ1v) is 9.79. The van der Waals surface area contributed by atoms with Crippen LogP contribution in [0.15, 0.2) is 47.7 Å². The van der Waals surface area contributed by atoms with Crippen LogP contribution in [0.25, 0.3) is 4.85 Å². The molecule has 0 amide bonds. The van der Waals surface area contributed by atoms with Gasteiger partial charge in [-0.15, -0.1) is 0 Å². The van der Waals surface area contributed by atoms with Crippen molar-refractivity contribution in [1.29, 1.82) is 0 Å². The van der Waals surface area contributed by atoms with Crippen molar-refractivity contribution in [2.45, 2.75) is 32.7 Å². The zero-order valence-corrected chi connectivity index (χ0v) is 17.1. The number of fused-ring (bicyclic) bond motifs is 1. The Morgan fingerprint density at radius 3 is 2.61 bits per heavy atom. The van der Waals surface area contributed by atoms with Crippen molar-refractivity contribution in [2.75, 3.05) is 10.6 Å². The summed E-state index contributed by atoms with van der Waals surface area (Å²) in [6.07, 6.45) is 1.21. The fourth-order valence-electron chi connectivity index (χ4n) is 3.97. The molecule has 0 saturated carbocycles. The van der Waals surface area contributed by atoms with Crippen LogP contribution >= 0.6 is 23.2 Å². The predicted octanol–water partition coefficient (Wildman–Crippen LogP) is 6.77. The van der Waals surface area contributed by atoms with E-state index in [0.717, 1.165) is 29.1 Å². The van der Waals surface area contributed by atoms with Crippen LogP contribution < -0.4 is 10.6 Å². The average Bonchev–Trinajstić information content (AvgIpc) is 2.76. The quantitative estimate of drug-likeness (QED) is 0.509. The molecule has 4 nitrogen and oxygen atoms in total. The highest BCUT2D eigenvalue weighted by atomic mass is 35.5. The largest absolute Gasteiger partial charge is 0.372 e. The minimum Gasteiger partial charge on any atom is -0.372 e. The molecule has 0 spiro atoms. The summed E-state index contributed by atoms with van der Waals surface area (Å²) >= 11 is 12.6. The number of allylic oxidation sites excluding steroid dienone is 1. The van der Waals surface area contributed by atoms with Gasteiger partial charge in [0.05, 0.1) is 24.0 Å². The molecule has 2 N–H and O–H groups in total. The van der Waals surface area contributed by atoms with Crippen molar-refractivity contribution in [2.24, 2.45) is 5.41 Å². The fraction of sp³-hybridized carbons (Fsp3) is 0.273. The predicted molar refractivity (Wildman–Crippen MR) is 114 cm³/mol. The summed E-state index contributed by atoms with van der Waals surface area (Å²) < 4.78 is 0. The van der Waals surface area contributed by atoms with Gasteiger partial charge in [0.2, 0.25) is 0 Å². The first-order chi connectivity index (χ1) is 13.3. The number of carbonyl (C=O) groups is 1. The highest BCUT2D eigenvalue weighted by Gasteiger charge is 2.39. The highest BCUT2D eigenvalue weighted by Crippen LogP contribution is 2.47. The minimum atomic E-state index is -0.393. The molecule has 2 aliphatic rings. The van der Waals surface area contributed by atoms with Crippen molar-refractivity contribution < 1.29 is 4.79 Å². The molecule has 28 heavy (non-hydrogen) atoms. The molecular formula is C22H19Cl2N3O. The number of nitrogens with zero attached hydrogens (tertiary/aromatic N) is 1. The van der Waals surface area contributed by atoms with Gasteiger partial charge in [-0.05, 0) is 41.7 Å². The lowest BCUT2D eigenvalue weighted by Crippen LogP contribution is -2.31. The molecule has 4 rings (SSSR count). The number of halogens is 2. The molecule has 0 bridgehead atoms. The summed E-state index contributed by atoms with van der Waals surface area (Å²) in [6, 6.07) is 10.4. The maximum Gasteiger partial charge on any atom is 0.189 e. The van der Waals surface area contributed by atoms with Crippen molar-refractivity contribution in [1.82, 2.24) is 0 Å². The summed E-state index contributed by atoms with van der Waals surface area (Å²) in [4.78, 5) is 16.7. The standard InChI is InChI=1S/C22H19Cl2N3O/c1-22(2)10-18-20(19(28)11-22)21(14-6-4-12(23)8-15(14)24)27-16-7-5-13(25-3)9-17(16)26-18/h4-9,21,26-27H,10-11H2,1-2H3. The van der Waals surface area contributed by atoms with Crippen LogP contribution in [0.3, 0.4) is 0 Å². The lowest BCUT2D eigenvalue weighted by atomic mass is 9.73. The number of carbonyl (C=O) groups excluding carboxylic acids is 1. The number of anilines is 2. The van der Waals surface area contributed by atoms with Gasteiger partial charge in [0.15, 0.2) is 11.5 Å². The van der Waals surface area contributed by atoms with E-state index in [2.05, 4.69) is 29.3 Å². The van der Waals surface area contributed by atoms with E-state index in [4.69, 9.17) is 29.8 Å². The molecule has 6 heteroatoms. The van der Waals surface area contributed by atoms with Gasteiger partial charge >= 0.3 is 0 Å². The van der Waals surface area contributed by atoms with Gasteiger partial charge in [-0.1, -0.05) is 49.2 Å². The lowest BCUT2D eigenvalue weighted by Gasteiger charge is -2.34. The third-order valence-electron chi connectivity index (χ3n) is 5.20. The molecule has 0 saturated heterocycles. The third kappa shape index (κ3) is 3.37. The third-order valence-corrected chi connectivity index (χ3v) is 5.76. The maximum atomic E-state index is 13.2. The molecule has 1 heterocycles. The number of hydrogen-bond acceptors (Lipinski definition) is 3. The molecule has 142 valence electrons. The number of rotatable bonds is 1. The monoisotopic (exact) mass is 411 g/mol. The molecule has 0 fully saturated rings. The van der Waals surface area contributed by atoms with Gasteiger partial charge in [-0.3, -0.25) is 4.79 Å². The van der Waals surface area contributed by atoms with Gasteiger partial charge in [-0.25, -0.2) is 4.85 Å². The maximum absolute atomic E-state index is 13.2. The van der Waals surface area contributed by atoms with E-state index < -0.39 is 6.04 Å². The summed E-state index contributed by atoms with van der Waals surface area (Å²) in [5.74, 6) is 0.0977. The van der Waals surface area contributed by atoms with Gasteiger partial charge < -0.3 is 10.6 Å². The number of hydrogen-bond donors (Lipinski definition) is 2. The lowest BCUT2D eigenvalue weighted by molar-refractivity contribution is -0.118. The summed E-state index contributed by atoms with van der Waals surface area (Å²) in [5, 5.41) is 7.97. The van der Waals surface area contributed by atoms with Crippen molar-refractivity contribution >= 4 is 46.0 Å². The first-order valence-electron chi connectivity index (χ1n) is 9.04. The Morgan fingerprint density at radius 1 is 1.11 bits per heavy atom. The second-order valence-corrected chi connectivity index (χ2v) is 8.89. The molecular weight excluding hydrogens is 393 g/mol. The van der Waals surface area contributed by atoms with Crippen molar-refractivity contribution in [3.63, 3.8) is 0 Å². The van der Waals surface area contributed by atoms with Gasteiger partial charge in [-0.2, -0.15) is 0 Å². The second kappa shape index (κ2) is 6.84. The Hall–Kier alpha value is -2.48. The molecule has 0 aromatic heterocycles. The SMILES string of the molecule is [C-]#[N+]c1ccc2c(c1)NC1=C(C(=O)CC(C)(C)C1)C(c1ccc(Cl)cc1Cl)N2. The van der Waals surface area contributed by atoms with E-state index in [1.54, 1.807) is 24.3 Å². The zero-order valence-electron chi connectivity index (χ0n) is 15.6. The van der Waals surface area contributed by atoms with Crippen LogP contribution in [0.4, 0.5) is 17.1 Å². The van der Waals surface area contributed by atoms with E-state index in [-0.39, 0.29) is 11.2 Å². The number of ketones is 1. The normalized spacial score (nSPS) is 20.2. The Bertz CT molecular complexity index is 1070. The van der Waals surface area contributed by atoms with Crippen LogP contribution in [0.5, 0.6) is 0 Å². The molecule has 1 aliphatic heterocycles. The summed E-state index contributed by atoms with van der Waals surface area (Å²) in [5.41, 5.74) is 4.39. The molecule has 2 aromatic rings. The molecule has 1 atom stereocenters. The molecule has 2 aromatic carbocycles. The Kier molecular flexibility index (Phi) is 4.61. The Morgan fingerprint density at radius 2 is 1.89 bits per heavy atom. The van der Waals surface area contributed by atoms with Gasteiger partial charge in [0.25, 0.3) is 0 Å². The van der Waals surface area contributed by atoms with E-state index in [9.17, 15) is 4.79 Å². The number of nitrogens with one attached hydrogen (secondary N) is 2. The number of benzene rings is 2. The van der Waals surface area contributed by atoms with E-state index >= 15 is 0 Å². The van der Waals surface area contributed by atoms with Crippen LogP contribution in [-0.2, 0) is 4.79 Å². The highest BCUT2D eigenvalue weighted by molar-refractivity contribution is 6.35.